The molecule has 1 aliphatic heterocycles. The van der Waals surface area contributed by atoms with E-state index in [4.69, 9.17) is 4.74 Å². The lowest BCUT2D eigenvalue weighted by molar-refractivity contribution is -0.162. The van der Waals surface area contributed by atoms with Crippen LogP contribution in [0.4, 0.5) is 0 Å². The van der Waals surface area contributed by atoms with Crippen LogP contribution in [-0.2, 0) is 23.9 Å². The summed E-state index contributed by atoms with van der Waals surface area (Å²) in [5, 5.41) is 0. The SMILES string of the molecule is CC(C)[C@@H](C(=O)OCC(=O)NNC(=O)c1ccc(Br)cc1)N1C(=O)[C@@H]2[C@H](C1=O)[C@H]1C=C[C@H]2C1. The number of fused-ring (bicyclic) bond motifs is 5. The molecule has 4 amide bonds. The highest BCUT2D eigenvalue weighted by Crippen LogP contribution is 2.53. The molecule has 4 rings (SSSR count). The van der Waals surface area contributed by atoms with E-state index in [0.717, 1.165) is 15.8 Å². The predicted octanol–water partition coefficient (Wildman–Crippen LogP) is 1.58. The van der Waals surface area contributed by atoms with Crippen molar-refractivity contribution < 1.29 is 28.7 Å². The van der Waals surface area contributed by atoms with E-state index in [-0.39, 0.29) is 23.7 Å². The van der Waals surface area contributed by atoms with E-state index in [2.05, 4.69) is 26.8 Å². The van der Waals surface area contributed by atoms with Gasteiger partial charge in [0.15, 0.2) is 6.61 Å². The summed E-state index contributed by atoms with van der Waals surface area (Å²) in [5.74, 6) is -3.98. The minimum absolute atomic E-state index is 0.0328. The molecule has 9 nitrogen and oxygen atoms in total. The lowest BCUT2D eigenvalue weighted by atomic mass is 9.85. The van der Waals surface area contributed by atoms with Gasteiger partial charge in [-0.3, -0.25) is 34.9 Å². The number of rotatable bonds is 6. The Kier molecular flexibility index (Phi) is 6.38. The first-order chi connectivity index (χ1) is 15.7. The largest absolute Gasteiger partial charge is 0.454 e. The maximum atomic E-state index is 13.0. The zero-order chi connectivity index (χ0) is 23.9. The molecule has 10 heteroatoms. The fourth-order valence-corrected chi connectivity index (χ4v) is 5.20. The summed E-state index contributed by atoms with van der Waals surface area (Å²) >= 11 is 3.27. The normalized spacial score (nSPS) is 25.9. The van der Waals surface area contributed by atoms with Crippen LogP contribution in [0.25, 0.3) is 0 Å². The number of amides is 4. The zero-order valence-corrected chi connectivity index (χ0v) is 19.7. The van der Waals surface area contributed by atoms with Crippen molar-refractivity contribution in [1.82, 2.24) is 15.8 Å². The van der Waals surface area contributed by atoms with Gasteiger partial charge in [-0.05, 0) is 48.4 Å². The first-order valence-electron chi connectivity index (χ1n) is 10.8. The van der Waals surface area contributed by atoms with Gasteiger partial charge < -0.3 is 4.74 Å². The van der Waals surface area contributed by atoms with Crippen LogP contribution in [0, 0.1) is 29.6 Å². The number of nitrogens with zero attached hydrogens (tertiary/aromatic N) is 1. The van der Waals surface area contributed by atoms with Gasteiger partial charge in [-0.25, -0.2) is 4.79 Å². The van der Waals surface area contributed by atoms with Gasteiger partial charge in [0.05, 0.1) is 11.8 Å². The molecule has 0 aromatic heterocycles. The Bertz CT molecular complexity index is 1010. The third-order valence-corrected chi connectivity index (χ3v) is 6.95. The Balaban J connectivity index is 1.33. The second kappa shape index (κ2) is 9.09. The van der Waals surface area contributed by atoms with Crippen LogP contribution in [0.15, 0.2) is 40.9 Å². The minimum atomic E-state index is -1.11. The molecule has 33 heavy (non-hydrogen) atoms. The number of ether oxygens (including phenoxy) is 1. The molecule has 174 valence electrons. The van der Waals surface area contributed by atoms with Gasteiger partial charge in [-0.2, -0.15) is 0 Å². The van der Waals surface area contributed by atoms with Crippen molar-refractivity contribution in [3.05, 3.63) is 46.5 Å². The average Bonchev–Trinajstić information content (AvgIpc) is 3.46. The molecule has 2 bridgehead atoms. The molecule has 1 aromatic rings. The molecular formula is C23H24BrN3O6. The van der Waals surface area contributed by atoms with E-state index in [0.29, 0.717) is 5.56 Å². The van der Waals surface area contributed by atoms with E-state index in [1.54, 1.807) is 38.1 Å². The summed E-state index contributed by atoms with van der Waals surface area (Å²) in [5.41, 5.74) is 4.74. The van der Waals surface area contributed by atoms with Crippen molar-refractivity contribution >= 4 is 45.5 Å². The van der Waals surface area contributed by atoms with E-state index < -0.39 is 48.2 Å². The van der Waals surface area contributed by atoms with Crippen molar-refractivity contribution in [2.75, 3.05) is 6.61 Å². The van der Waals surface area contributed by atoms with Gasteiger partial charge in [0, 0.05) is 10.0 Å². The second-order valence-corrected chi connectivity index (χ2v) is 9.77. The Morgan fingerprint density at radius 2 is 1.61 bits per heavy atom. The summed E-state index contributed by atoms with van der Waals surface area (Å²) in [6.45, 7) is 2.76. The molecule has 3 aliphatic rings. The molecule has 0 spiro atoms. The number of allylic oxidation sites excluding steroid dienone is 2. The lowest BCUT2D eigenvalue weighted by Crippen LogP contribution is -2.50. The molecule has 0 unspecified atom stereocenters. The number of hydrazine groups is 1. The fourth-order valence-electron chi connectivity index (χ4n) is 4.93. The second-order valence-electron chi connectivity index (χ2n) is 8.85. The zero-order valence-electron chi connectivity index (χ0n) is 18.1. The number of benzene rings is 1. The summed E-state index contributed by atoms with van der Waals surface area (Å²) in [6, 6.07) is 5.39. The molecule has 2 aliphatic carbocycles. The summed E-state index contributed by atoms with van der Waals surface area (Å²) < 4.78 is 5.91. The van der Waals surface area contributed by atoms with Crippen molar-refractivity contribution in [1.29, 1.82) is 0 Å². The standard InChI is InChI=1S/C23H24BrN3O6/c1-11(2)19(27-21(30)17-13-3-4-14(9-13)18(17)22(27)31)23(32)33-10-16(28)25-26-20(29)12-5-7-15(24)8-6-12/h3-8,11,13-14,17-19H,9-10H2,1-2H3,(H,25,28)(H,26,29)/t13-,14-,17-,18+,19-/m0/s1. The first kappa shape index (κ1) is 23.2. The van der Waals surface area contributed by atoms with E-state index in [1.165, 1.54) is 0 Å². The molecule has 1 saturated carbocycles. The summed E-state index contributed by atoms with van der Waals surface area (Å²) in [6.07, 6.45) is 4.76. The average molecular weight is 518 g/mol. The monoisotopic (exact) mass is 517 g/mol. The number of halogens is 1. The van der Waals surface area contributed by atoms with Gasteiger partial charge in [0.1, 0.15) is 6.04 Å². The molecule has 5 atom stereocenters. The van der Waals surface area contributed by atoms with Gasteiger partial charge in [-0.15, -0.1) is 0 Å². The topological polar surface area (TPSA) is 122 Å². The smallest absolute Gasteiger partial charge is 0.330 e. The number of esters is 1. The van der Waals surface area contributed by atoms with Crippen LogP contribution >= 0.6 is 15.9 Å². The number of hydrogen-bond donors (Lipinski definition) is 2. The molecular weight excluding hydrogens is 494 g/mol. The maximum Gasteiger partial charge on any atom is 0.330 e. The van der Waals surface area contributed by atoms with Crippen LogP contribution in [0.2, 0.25) is 0 Å². The van der Waals surface area contributed by atoms with Crippen molar-refractivity contribution in [3.8, 4) is 0 Å². The first-order valence-corrected chi connectivity index (χ1v) is 11.5. The molecule has 1 saturated heterocycles. The number of carbonyl (C=O) groups is 5. The molecule has 2 N–H and O–H groups in total. The fraction of sp³-hybridized carbons (Fsp3) is 0.435. The quantitative estimate of drug-likeness (QED) is 0.255. The van der Waals surface area contributed by atoms with Gasteiger partial charge >= 0.3 is 5.97 Å². The summed E-state index contributed by atoms with van der Waals surface area (Å²) in [4.78, 5) is 64.1. The van der Waals surface area contributed by atoms with E-state index >= 15 is 0 Å². The third-order valence-electron chi connectivity index (χ3n) is 6.42. The van der Waals surface area contributed by atoms with Gasteiger partial charge in [-0.1, -0.05) is 41.9 Å². The number of hydrogen-bond acceptors (Lipinski definition) is 6. The number of likely N-dealkylation sites (tertiary alicyclic amines) is 1. The van der Waals surface area contributed by atoms with Crippen LogP contribution < -0.4 is 10.9 Å². The highest BCUT2D eigenvalue weighted by Gasteiger charge is 2.61. The van der Waals surface area contributed by atoms with Crippen LogP contribution in [0.3, 0.4) is 0 Å². The highest BCUT2D eigenvalue weighted by atomic mass is 79.9. The van der Waals surface area contributed by atoms with E-state index in [1.807, 2.05) is 12.2 Å². The summed E-state index contributed by atoms with van der Waals surface area (Å²) in [7, 11) is 0. The van der Waals surface area contributed by atoms with Crippen LogP contribution in [0.5, 0.6) is 0 Å². The lowest BCUT2D eigenvalue weighted by Gasteiger charge is -2.28. The van der Waals surface area contributed by atoms with Crippen LogP contribution in [0.1, 0.15) is 30.6 Å². The third kappa shape index (κ3) is 4.31. The Morgan fingerprint density at radius 1 is 1.03 bits per heavy atom. The maximum absolute atomic E-state index is 13.0. The van der Waals surface area contributed by atoms with Crippen molar-refractivity contribution in [2.24, 2.45) is 29.6 Å². The van der Waals surface area contributed by atoms with Crippen molar-refractivity contribution in [2.45, 2.75) is 26.3 Å². The molecule has 2 fully saturated rings. The number of nitrogens with one attached hydrogen (secondary N) is 2. The van der Waals surface area contributed by atoms with Crippen LogP contribution in [-0.4, -0.2) is 47.1 Å². The molecule has 1 heterocycles. The Morgan fingerprint density at radius 3 is 2.15 bits per heavy atom. The Hall–Kier alpha value is -3.01. The van der Waals surface area contributed by atoms with E-state index in [9.17, 15) is 24.0 Å². The Labute approximate surface area is 199 Å². The molecule has 1 aromatic carbocycles. The number of imide groups is 1. The highest BCUT2D eigenvalue weighted by molar-refractivity contribution is 9.10. The van der Waals surface area contributed by atoms with Crippen molar-refractivity contribution in [3.63, 3.8) is 0 Å². The molecule has 0 radical (unpaired) electrons. The predicted molar refractivity (Wildman–Crippen MR) is 119 cm³/mol. The van der Waals surface area contributed by atoms with Gasteiger partial charge in [0.2, 0.25) is 11.8 Å². The van der Waals surface area contributed by atoms with Gasteiger partial charge in [0.25, 0.3) is 11.8 Å². The minimum Gasteiger partial charge on any atom is -0.454 e. The number of carbonyl (C=O) groups excluding carboxylic acids is 5.